The Hall–Kier alpha value is -2.21. The van der Waals surface area contributed by atoms with E-state index in [9.17, 15) is 5.11 Å². The SMILES string of the molecule is Oc1ccccc1/C=N\Nc1ccc(=S)[nH]n1. The quantitative estimate of drug-likeness (QED) is 0.441. The maximum Gasteiger partial charge on any atom is 0.166 e. The first-order valence-electron chi connectivity index (χ1n) is 4.88. The molecule has 86 valence electrons. The number of anilines is 1. The fourth-order valence-electron chi connectivity index (χ4n) is 1.17. The van der Waals surface area contributed by atoms with Gasteiger partial charge in [0.1, 0.15) is 10.4 Å². The third kappa shape index (κ3) is 3.12. The fourth-order valence-corrected chi connectivity index (χ4v) is 1.29. The summed E-state index contributed by atoms with van der Waals surface area (Å²) < 4.78 is 0.556. The second-order valence-electron chi connectivity index (χ2n) is 3.24. The molecule has 0 aliphatic heterocycles. The number of nitrogens with one attached hydrogen (secondary N) is 2. The molecule has 0 aliphatic rings. The van der Waals surface area contributed by atoms with E-state index in [1.54, 1.807) is 30.3 Å². The van der Waals surface area contributed by atoms with Gasteiger partial charge in [0.15, 0.2) is 5.82 Å². The minimum atomic E-state index is 0.179. The van der Waals surface area contributed by atoms with E-state index in [2.05, 4.69) is 20.7 Å². The van der Waals surface area contributed by atoms with Crippen molar-refractivity contribution in [2.24, 2.45) is 5.10 Å². The Morgan fingerprint density at radius 3 is 2.82 bits per heavy atom. The Labute approximate surface area is 103 Å². The molecule has 0 spiro atoms. The zero-order valence-corrected chi connectivity index (χ0v) is 9.61. The molecular weight excluding hydrogens is 236 g/mol. The first-order valence-corrected chi connectivity index (χ1v) is 5.29. The maximum atomic E-state index is 9.49. The van der Waals surface area contributed by atoms with E-state index in [1.807, 2.05) is 6.07 Å². The Morgan fingerprint density at radius 1 is 1.29 bits per heavy atom. The lowest BCUT2D eigenvalue weighted by Gasteiger charge is -1.98. The molecule has 0 radical (unpaired) electrons. The monoisotopic (exact) mass is 246 g/mol. The lowest BCUT2D eigenvalue weighted by molar-refractivity contribution is 0.474. The molecule has 1 aromatic carbocycles. The summed E-state index contributed by atoms with van der Waals surface area (Å²) in [5.41, 5.74) is 3.35. The van der Waals surface area contributed by atoms with Crippen molar-refractivity contribution in [3.63, 3.8) is 0 Å². The second kappa shape index (κ2) is 5.22. The smallest absolute Gasteiger partial charge is 0.166 e. The summed E-state index contributed by atoms with van der Waals surface area (Å²) in [5.74, 6) is 0.726. The van der Waals surface area contributed by atoms with Gasteiger partial charge in [0.25, 0.3) is 0 Å². The number of para-hydroxylation sites is 1. The molecule has 0 saturated heterocycles. The minimum absolute atomic E-state index is 0.179. The van der Waals surface area contributed by atoms with Gasteiger partial charge in [-0.05, 0) is 24.3 Å². The van der Waals surface area contributed by atoms with E-state index in [4.69, 9.17) is 12.2 Å². The highest BCUT2D eigenvalue weighted by atomic mass is 32.1. The number of rotatable bonds is 3. The summed E-state index contributed by atoms with van der Waals surface area (Å²) >= 11 is 4.86. The third-order valence-corrected chi connectivity index (χ3v) is 2.23. The Kier molecular flexibility index (Phi) is 3.46. The van der Waals surface area contributed by atoms with Gasteiger partial charge in [0.05, 0.1) is 6.21 Å². The van der Waals surface area contributed by atoms with E-state index in [0.29, 0.717) is 16.0 Å². The van der Waals surface area contributed by atoms with Gasteiger partial charge in [-0.25, -0.2) is 0 Å². The van der Waals surface area contributed by atoms with Gasteiger partial charge >= 0.3 is 0 Å². The van der Waals surface area contributed by atoms with Gasteiger partial charge in [-0.1, -0.05) is 24.4 Å². The topological polar surface area (TPSA) is 73.3 Å². The lowest BCUT2D eigenvalue weighted by atomic mass is 10.2. The highest BCUT2D eigenvalue weighted by Crippen LogP contribution is 2.12. The van der Waals surface area contributed by atoms with Crippen molar-refractivity contribution in [1.82, 2.24) is 10.2 Å². The molecule has 5 nitrogen and oxygen atoms in total. The van der Waals surface area contributed by atoms with Crippen LogP contribution in [0.5, 0.6) is 5.75 Å². The number of hydrazone groups is 1. The summed E-state index contributed by atoms with van der Waals surface area (Å²) in [7, 11) is 0. The average Bonchev–Trinajstić information content (AvgIpc) is 2.34. The number of nitrogens with zero attached hydrogens (tertiary/aromatic N) is 2. The molecule has 0 amide bonds. The number of phenolic OH excluding ortho intramolecular Hbond substituents is 1. The van der Waals surface area contributed by atoms with Crippen molar-refractivity contribution in [3.05, 3.63) is 46.6 Å². The first-order chi connectivity index (χ1) is 8.25. The van der Waals surface area contributed by atoms with Gasteiger partial charge in [0, 0.05) is 5.56 Å². The molecule has 3 N–H and O–H groups in total. The Morgan fingerprint density at radius 2 is 2.12 bits per heavy atom. The Balaban J connectivity index is 2.05. The van der Waals surface area contributed by atoms with Crippen LogP contribution in [0.15, 0.2) is 41.5 Å². The second-order valence-corrected chi connectivity index (χ2v) is 3.68. The number of aromatic nitrogens is 2. The number of hydrogen-bond donors (Lipinski definition) is 3. The number of benzene rings is 1. The van der Waals surface area contributed by atoms with Crippen LogP contribution in [0, 0.1) is 4.64 Å². The standard InChI is InChI=1S/C11H10N4OS/c16-9-4-2-1-3-8(9)7-12-13-10-5-6-11(17)15-14-10/h1-7,16H,(H,13,14)(H,15,17)/b12-7-. The van der Waals surface area contributed by atoms with Crippen LogP contribution in [0.3, 0.4) is 0 Å². The molecule has 2 aromatic rings. The number of hydrogen-bond acceptors (Lipinski definition) is 5. The van der Waals surface area contributed by atoms with Gasteiger partial charge in [-0.2, -0.15) is 10.2 Å². The summed E-state index contributed by atoms with van der Waals surface area (Å²) in [5, 5.41) is 20.0. The van der Waals surface area contributed by atoms with Crippen molar-refractivity contribution < 1.29 is 5.11 Å². The van der Waals surface area contributed by atoms with Gasteiger partial charge < -0.3 is 5.11 Å². The number of aromatic amines is 1. The molecule has 0 saturated carbocycles. The lowest BCUT2D eigenvalue weighted by Crippen LogP contribution is -1.94. The molecule has 0 bridgehead atoms. The summed E-state index contributed by atoms with van der Waals surface area (Å²) in [6.45, 7) is 0. The fraction of sp³-hybridized carbons (Fsp3) is 0. The molecule has 2 rings (SSSR count). The maximum absolute atomic E-state index is 9.49. The van der Waals surface area contributed by atoms with E-state index < -0.39 is 0 Å². The van der Waals surface area contributed by atoms with Crippen molar-refractivity contribution >= 4 is 24.3 Å². The molecule has 17 heavy (non-hydrogen) atoms. The largest absolute Gasteiger partial charge is 0.507 e. The van der Waals surface area contributed by atoms with E-state index in [-0.39, 0.29) is 5.75 Å². The Bertz CT molecular complexity index is 574. The summed E-state index contributed by atoms with van der Waals surface area (Å²) in [4.78, 5) is 0. The third-order valence-electron chi connectivity index (χ3n) is 2.00. The van der Waals surface area contributed by atoms with Crippen LogP contribution < -0.4 is 5.43 Å². The van der Waals surface area contributed by atoms with Crippen LogP contribution in [0.2, 0.25) is 0 Å². The number of aromatic hydroxyl groups is 1. The van der Waals surface area contributed by atoms with Crippen LogP contribution >= 0.6 is 12.2 Å². The minimum Gasteiger partial charge on any atom is -0.507 e. The molecule has 6 heteroatoms. The highest BCUT2D eigenvalue weighted by Gasteiger charge is 1.94. The van der Waals surface area contributed by atoms with E-state index in [1.165, 1.54) is 6.21 Å². The molecule has 0 aliphatic carbocycles. The zero-order valence-electron chi connectivity index (χ0n) is 8.79. The first kappa shape index (κ1) is 11.3. The van der Waals surface area contributed by atoms with Crippen LogP contribution in [0.1, 0.15) is 5.56 Å². The molecule has 0 fully saturated rings. The average molecular weight is 246 g/mol. The van der Waals surface area contributed by atoms with Gasteiger partial charge in [-0.3, -0.25) is 10.5 Å². The van der Waals surface area contributed by atoms with E-state index >= 15 is 0 Å². The van der Waals surface area contributed by atoms with Crippen molar-refractivity contribution in [3.8, 4) is 5.75 Å². The van der Waals surface area contributed by atoms with E-state index in [0.717, 1.165) is 0 Å². The predicted octanol–water partition coefficient (Wildman–Crippen LogP) is 2.29. The van der Waals surface area contributed by atoms with Crippen LogP contribution in [-0.4, -0.2) is 21.5 Å². The van der Waals surface area contributed by atoms with Crippen molar-refractivity contribution in [2.75, 3.05) is 5.43 Å². The zero-order chi connectivity index (χ0) is 12.1. The van der Waals surface area contributed by atoms with Crippen molar-refractivity contribution in [1.29, 1.82) is 0 Å². The predicted molar refractivity (Wildman–Crippen MR) is 68.7 cm³/mol. The normalized spacial score (nSPS) is 10.6. The number of H-pyrrole nitrogens is 1. The van der Waals surface area contributed by atoms with Crippen molar-refractivity contribution in [2.45, 2.75) is 0 Å². The molecule has 0 atom stereocenters. The van der Waals surface area contributed by atoms with Crippen LogP contribution in [0.25, 0.3) is 0 Å². The molecule has 1 aromatic heterocycles. The van der Waals surface area contributed by atoms with Crippen LogP contribution in [0.4, 0.5) is 5.82 Å². The van der Waals surface area contributed by atoms with Gasteiger partial charge in [-0.15, -0.1) is 0 Å². The molecule has 1 heterocycles. The summed E-state index contributed by atoms with van der Waals surface area (Å²) in [6.07, 6.45) is 1.51. The highest BCUT2D eigenvalue weighted by molar-refractivity contribution is 7.71. The van der Waals surface area contributed by atoms with Crippen LogP contribution in [-0.2, 0) is 0 Å². The molecule has 0 unspecified atom stereocenters. The molecular formula is C11H10N4OS. The van der Waals surface area contributed by atoms with Gasteiger partial charge in [0.2, 0.25) is 0 Å². The summed E-state index contributed by atoms with van der Waals surface area (Å²) in [6, 6.07) is 10.3. The number of phenols is 1.